The highest BCUT2D eigenvalue weighted by atomic mass is 35.5. The van der Waals surface area contributed by atoms with Crippen LogP contribution in [0.15, 0.2) is 40.9 Å². The minimum Gasteiger partial charge on any atom is -0.380 e. The Balaban J connectivity index is 2.19. The van der Waals surface area contributed by atoms with Crippen molar-refractivity contribution in [3.63, 3.8) is 0 Å². The molecule has 2 N–H and O–H groups in total. The van der Waals surface area contributed by atoms with Gasteiger partial charge in [-0.3, -0.25) is 0 Å². The van der Waals surface area contributed by atoms with Gasteiger partial charge >= 0.3 is 0 Å². The van der Waals surface area contributed by atoms with Gasteiger partial charge in [0.15, 0.2) is 11.6 Å². The zero-order valence-corrected chi connectivity index (χ0v) is 11.1. The summed E-state index contributed by atoms with van der Waals surface area (Å²) in [4.78, 5) is 0.800. The van der Waals surface area contributed by atoms with Gasteiger partial charge in [0, 0.05) is 0 Å². The maximum atomic E-state index is 13.3. The van der Waals surface area contributed by atoms with Gasteiger partial charge in [-0.15, -0.1) is 11.3 Å². The van der Waals surface area contributed by atoms with Crippen LogP contribution in [0.2, 0.25) is 4.34 Å². The fraction of sp³-hybridized carbons (Fsp3) is 0. The average Bonchev–Trinajstić information content (AvgIpc) is 2.95. The number of nitrogens with zero attached hydrogens (tertiary/aromatic N) is 1. The van der Waals surface area contributed by atoms with Gasteiger partial charge in [0.2, 0.25) is 0 Å². The lowest BCUT2D eigenvalue weighted by Crippen LogP contribution is -1.89. The average molecular weight is 295 g/mol. The van der Waals surface area contributed by atoms with Crippen LogP contribution in [-0.2, 0) is 0 Å². The number of hydrogen-bond donors (Lipinski definition) is 1. The van der Waals surface area contributed by atoms with Crippen molar-refractivity contribution >= 4 is 28.8 Å². The van der Waals surface area contributed by atoms with Crippen molar-refractivity contribution in [3.05, 3.63) is 46.6 Å². The van der Waals surface area contributed by atoms with E-state index in [2.05, 4.69) is 5.16 Å². The van der Waals surface area contributed by atoms with E-state index in [0.29, 0.717) is 21.2 Å². The molecule has 6 heteroatoms. The summed E-state index contributed by atoms with van der Waals surface area (Å²) in [5, 5.41) is 3.75. The van der Waals surface area contributed by atoms with Gasteiger partial charge < -0.3 is 10.3 Å². The van der Waals surface area contributed by atoms with Crippen LogP contribution < -0.4 is 5.73 Å². The molecule has 0 aliphatic heterocycles. The highest BCUT2D eigenvalue weighted by Crippen LogP contribution is 2.40. The number of rotatable bonds is 2. The summed E-state index contributed by atoms with van der Waals surface area (Å²) in [7, 11) is 0. The van der Waals surface area contributed by atoms with Gasteiger partial charge in [-0.1, -0.05) is 28.9 Å². The summed E-state index contributed by atoms with van der Waals surface area (Å²) < 4.78 is 19.2. The van der Waals surface area contributed by atoms with Crippen LogP contribution in [-0.4, -0.2) is 5.16 Å². The Hall–Kier alpha value is -1.85. The summed E-state index contributed by atoms with van der Waals surface area (Å²) >= 11 is 7.26. The number of hydrogen-bond acceptors (Lipinski definition) is 4. The summed E-state index contributed by atoms with van der Waals surface area (Å²) in [5.74, 6) is 0.387. The van der Waals surface area contributed by atoms with Gasteiger partial charge in [-0.2, -0.15) is 0 Å². The van der Waals surface area contributed by atoms with E-state index in [1.165, 1.54) is 23.5 Å². The van der Waals surface area contributed by atoms with Crippen molar-refractivity contribution in [2.45, 2.75) is 0 Å². The fourth-order valence-corrected chi connectivity index (χ4v) is 2.86. The number of anilines is 1. The molecule has 3 aromatic rings. The van der Waals surface area contributed by atoms with Crippen LogP contribution in [0, 0.1) is 5.82 Å². The Kier molecular flexibility index (Phi) is 3.00. The largest absolute Gasteiger partial charge is 0.380 e. The second-order valence-electron chi connectivity index (χ2n) is 3.89. The van der Waals surface area contributed by atoms with Crippen molar-refractivity contribution in [2.75, 3.05) is 5.73 Å². The van der Waals surface area contributed by atoms with Gasteiger partial charge in [0.05, 0.1) is 14.8 Å². The first-order valence-electron chi connectivity index (χ1n) is 5.42. The molecule has 0 saturated heterocycles. The van der Waals surface area contributed by atoms with E-state index in [1.54, 1.807) is 18.2 Å². The Morgan fingerprint density at radius 3 is 2.79 bits per heavy atom. The Bertz CT molecular complexity index is 738. The molecule has 2 heterocycles. The highest BCUT2D eigenvalue weighted by molar-refractivity contribution is 7.19. The fourth-order valence-electron chi connectivity index (χ4n) is 1.83. The normalized spacial score (nSPS) is 10.8. The van der Waals surface area contributed by atoms with E-state index in [4.69, 9.17) is 21.9 Å². The van der Waals surface area contributed by atoms with Crippen LogP contribution in [0.4, 0.5) is 10.2 Å². The van der Waals surface area contributed by atoms with Crippen molar-refractivity contribution in [1.82, 2.24) is 5.16 Å². The molecule has 0 atom stereocenters. The predicted molar refractivity (Wildman–Crippen MR) is 74.6 cm³/mol. The first-order valence-corrected chi connectivity index (χ1v) is 6.61. The summed E-state index contributed by atoms with van der Waals surface area (Å²) in [6.45, 7) is 0. The van der Waals surface area contributed by atoms with E-state index in [9.17, 15) is 4.39 Å². The molecule has 19 heavy (non-hydrogen) atoms. The molecule has 2 aromatic heterocycles. The van der Waals surface area contributed by atoms with Crippen molar-refractivity contribution < 1.29 is 8.91 Å². The molecule has 0 unspecified atom stereocenters. The molecule has 1 aromatic carbocycles. The molecule has 0 bridgehead atoms. The van der Waals surface area contributed by atoms with Crippen LogP contribution >= 0.6 is 22.9 Å². The number of aromatic nitrogens is 1. The van der Waals surface area contributed by atoms with E-state index in [0.717, 1.165) is 4.88 Å². The maximum absolute atomic E-state index is 13.3. The predicted octanol–water partition coefficient (Wildman–Crippen LogP) is 4.44. The van der Waals surface area contributed by atoms with Crippen LogP contribution in [0.25, 0.3) is 21.8 Å². The molecule has 0 fully saturated rings. The van der Waals surface area contributed by atoms with E-state index < -0.39 is 0 Å². The Labute approximate surface area is 117 Å². The molecular weight excluding hydrogens is 287 g/mol. The second kappa shape index (κ2) is 4.68. The molecule has 0 amide bonds. The summed E-state index contributed by atoms with van der Waals surface area (Å²) in [6, 6.07) is 9.70. The minimum absolute atomic E-state index is 0.227. The van der Waals surface area contributed by atoms with E-state index in [1.807, 2.05) is 6.07 Å². The van der Waals surface area contributed by atoms with Gasteiger partial charge in [0.25, 0.3) is 0 Å². The van der Waals surface area contributed by atoms with Crippen molar-refractivity contribution in [2.24, 2.45) is 0 Å². The van der Waals surface area contributed by atoms with E-state index in [-0.39, 0.29) is 11.6 Å². The lowest BCUT2D eigenvalue weighted by atomic mass is 10.1. The van der Waals surface area contributed by atoms with Gasteiger partial charge in [-0.25, -0.2) is 4.39 Å². The third-order valence-corrected chi connectivity index (χ3v) is 3.86. The molecule has 3 nitrogen and oxygen atoms in total. The summed E-state index contributed by atoms with van der Waals surface area (Å²) in [6.07, 6.45) is 0. The first kappa shape index (κ1) is 12.2. The van der Waals surface area contributed by atoms with Crippen LogP contribution in [0.3, 0.4) is 0 Å². The second-order valence-corrected chi connectivity index (χ2v) is 5.60. The number of nitrogens with two attached hydrogens (primary N) is 1. The molecular formula is C13H8ClFN2OS. The Morgan fingerprint density at radius 1 is 1.26 bits per heavy atom. The molecule has 0 aliphatic rings. The first-order chi connectivity index (χ1) is 9.15. The van der Waals surface area contributed by atoms with Gasteiger partial charge in [-0.05, 0) is 29.8 Å². The lowest BCUT2D eigenvalue weighted by Gasteiger charge is -2.01. The molecule has 3 rings (SSSR count). The van der Waals surface area contributed by atoms with E-state index >= 15 is 0 Å². The summed E-state index contributed by atoms with van der Waals surface area (Å²) in [5.41, 5.74) is 7.02. The SMILES string of the molecule is Nc1noc(-c2ccc(Cl)s2)c1-c1cccc(F)c1. The molecule has 0 radical (unpaired) electrons. The third-order valence-electron chi connectivity index (χ3n) is 2.63. The monoisotopic (exact) mass is 294 g/mol. The quantitative estimate of drug-likeness (QED) is 0.760. The molecule has 0 aliphatic carbocycles. The third kappa shape index (κ3) is 2.22. The standard InChI is InChI=1S/C13H8ClFN2OS/c14-10-5-4-9(19-10)12-11(13(16)17-18-12)7-2-1-3-8(15)6-7/h1-6H,(H2,16,17). The number of thiophene rings is 1. The number of nitrogen functional groups attached to an aromatic ring is 1. The smallest absolute Gasteiger partial charge is 0.186 e. The molecule has 96 valence electrons. The van der Waals surface area contributed by atoms with Crippen molar-refractivity contribution in [1.29, 1.82) is 0 Å². The molecule has 0 spiro atoms. The zero-order valence-electron chi connectivity index (χ0n) is 9.56. The Morgan fingerprint density at radius 2 is 2.11 bits per heavy atom. The minimum atomic E-state index is -0.340. The zero-order chi connectivity index (χ0) is 13.4. The lowest BCUT2D eigenvalue weighted by molar-refractivity contribution is 0.437. The van der Waals surface area contributed by atoms with Crippen molar-refractivity contribution in [3.8, 4) is 21.8 Å². The number of benzene rings is 1. The maximum Gasteiger partial charge on any atom is 0.186 e. The van der Waals surface area contributed by atoms with Crippen LogP contribution in [0.5, 0.6) is 0 Å². The number of halogens is 2. The van der Waals surface area contributed by atoms with Gasteiger partial charge in [0.1, 0.15) is 5.82 Å². The topological polar surface area (TPSA) is 52.0 Å². The molecule has 0 saturated carbocycles. The highest BCUT2D eigenvalue weighted by Gasteiger charge is 2.19. The van der Waals surface area contributed by atoms with Crippen LogP contribution in [0.1, 0.15) is 0 Å².